The van der Waals surface area contributed by atoms with Crippen molar-refractivity contribution in [3.8, 4) is 0 Å². The third-order valence-corrected chi connectivity index (χ3v) is 4.60. The molecule has 0 rings (SSSR count). The molecule has 0 saturated carbocycles. The Kier molecular flexibility index (Phi) is 12.0. The van der Waals surface area contributed by atoms with Crippen molar-refractivity contribution in [2.75, 3.05) is 0 Å². The number of nitrogens with two attached hydrogens (primary N) is 1. The van der Waals surface area contributed by atoms with Crippen LogP contribution in [-0.2, 0) is 28.8 Å². The second-order valence-electron chi connectivity index (χ2n) is 7.23. The van der Waals surface area contributed by atoms with Gasteiger partial charge < -0.3 is 31.8 Å². The van der Waals surface area contributed by atoms with Crippen molar-refractivity contribution in [3.05, 3.63) is 0 Å². The number of amides is 5. The van der Waals surface area contributed by atoms with Crippen LogP contribution in [0.4, 0.5) is 0 Å². The molecule has 0 bridgehead atoms. The fourth-order valence-corrected chi connectivity index (χ4v) is 2.48. The van der Waals surface area contributed by atoms with Gasteiger partial charge in [0.05, 0.1) is 0 Å². The summed E-state index contributed by atoms with van der Waals surface area (Å²) in [5.74, 6) is -3.22. The smallest absolute Gasteiger partial charge is 0.243 e. The normalized spacial score (nSPS) is 15.5. The Balaban J connectivity index is 5.14. The molecule has 6 N–H and O–H groups in total. The number of hydrogen-bond donors (Lipinski definition) is 5. The van der Waals surface area contributed by atoms with Crippen LogP contribution < -0.4 is 27.0 Å². The Labute approximate surface area is 176 Å². The zero-order valence-electron chi connectivity index (χ0n) is 18.1. The van der Waals surface area contributed by atoms with Gasteiger partial charge in [-0.3, -0.25) is 24.0 Å². The van der Waals surface area contributed by atoms with Gasteiger partial charge in [-0.15, -0.1) is 0 Å². The number of primary amides is 1. The van der Waals surface area contributed by atoms with Gasteiger partial charge in [-0.1, -0.05) is 20.3 Å². The molecule has 0 aromatic rings. The molecule has 0 spiro atoms. The average molecular weight is 428 g/mol. The van der Waals surface area contributed by atoms with Gasteiger partial charge in [0.15, 0.2) is 0 Å². The topological polar surface area (TPSA) is 177 Å². The molecule has 0 radical (unpaired) electrons. The Morgan fingerprint density at radius 2 is 1.43 bits per heavy atom. The first-order valence-electron chi connectivity index (χ1n) is 9.85. The maximum absolute atomic E-state index is 12.6. The molecule has 0 aliphatic carbocycles. The van der Waals surface area contributed by atoms with Crippen molar-refractivity contribution in [3.63, 3.8) is 0 Å². The lowest BCUT2D eigenvalue weighted by Gasteiger charge is -2.27. The first-order chi connectivity index (χ1) is 13.9. The fraction of sp³-hybridized carbons (Fsp3) is 0.684. The highest BCUT2D eigenvalue weighted by Crippen LogP contribution is 2.09. The van der Waals surface area contributed by atoms with E-state index in [1.807, 2.05) is 6.92 Å². The Bertz CT molecular complexity index is 653. The summed E-state index contributed by atoms with van der Waals surface area (Å²) in [6, 6.07) is -3.83. The van der Waals surface area contributed by atoms with E-state index >= 15 is 0 Å². The van der Waals surface area contributed by atoms with Crippen LogP contribution in [0, 0.1) is 5.92 Å². The van der Waals surface area contributed by atoms with Crippen LogP contribution in [0.3, 0.4) is 0 Å². The van der Waals surface area contributed by atoms with Gasteiger partial charge in [0.1, 0.15) is 30.5 Å². The minimum atomic E-state index is -1.02. The molecule has 0 aliphatic heterocycles. The van der Waals surface area contributed by atoms with E-state index in [1.165, 1.54) is 20.8 Å². The number of aldehydes is 1. The minimum Gasteiger partial charge on any atom is -0.368 e. The van der Waals surface area contributed by atoms with E-state index in [-0.39, 0.29) is 18.8 Å². The standard InChI is InChI=1S/C19H33N5O6/c1-6-10(2)15(19(30)21-11(3)16(20)27)24-17(28)12(4)22-18(29)14(8-7-9-25)23-13(5)26/h9-12,14-15H,6-8H2,1-5H3,(H2,20,27)(H,21,30)(H,22,29)(H,23,26)(H,24,28)/t10?,11-,12-,14-,15-/m0/s1. The third kappa shape index (κ3) is 9.48. The van der Waals surface area contributed by atoms with E-state index in [2.05, 4.69) is 21.3 Å². The molecule has 5 atom stereocenters. The maximum atomic E-state index is 12.6. The first kappa shape index (κ1) is 27.0. The summed E-state index contributed by atoms with van der Waals surface area (Å²) in [7, 11) is 0. The molecule has 5 amide bonds. The van der Waals surface area contributed by atoms with Gasteiger partial charge in [-0.2, -0.15) is 0 Å². The van der Waals surface area contributed by atoms with Crippen molar-refractivity contribution in [1.82, 2.24) is 21.3 Å². The lowest BCUT2D eigenvalue weighted by atomic mass is 9.97. The van der Waals surface area contributed by atoms with Gasteiger partial charge in [0, 0.05) is 13.3 Å². The van der Waals surface area contributed by atoms with Crippen molar-refractivity contribution in [2.24, 2.45) is 11.7 Å². The maximum Gasteiger partial charge on any atom is 0.243 e. The average Bonchev–Trinajstić information content (AvgIpc) is 2.67. The van der Waals surface area contributed by atoms with E-state index in [9.17, 15) is 28.8 Å². The monoisotopic (exact) mass is 427 g/mol. The van der Waals surface area contributed by atoms with Crippen molar-refractivity contribution >= 4 is 35.8 Å². The van der Waals surface area contributed by atoms with E-state index in [4.69, 9.17) is 5.73 Å². The predicted molar refractivity (Wildman–Crippen MR) is 109 cm³/mol. The molecule has 0 aromatic carbocycles. The van der Waals surface area contributed by atoms with Gasteiger partial charge in [0.25, 0.3) is 0 Å². The number of rotatable bonds is 13. The second-order valence-corrected chi connectivity index (χ2v) is 7.23. The summed E-state index contributed by atoms with van der Waals surface area (Å²) in [5, 5.41) is 9.92. The van der Waals surface area contributed by atoms with Crippen LogP contribution in [0.2, 0.25) is 0 Å². The molecule has 30 heavy (non-hydrogen) atoms. The van der Waals surface area contributed by atoms with Crippen LogP contribution in [-0.4, -0.2) is 60.0 Å². The summed E-state index contributed by atoms with van der Waals surface area (Å²) in [6.07, 6.45) is 1.35. The number of carbonyl (C=O) groups is 6. The summed E-state index contributed by atoms with van der Waals surface area (Å²) in [4.78, 5) is 70.4. The number of hydrogen-bond acceptors (Lipinski definition) is 6. The highest BCUT2D eigenvalue weighted by atomic mass is 16.2. The third-order valence-electron chi connectivity index (χ3n) is 4.60. The number of carbonyl (C=O) groups excluding carboxylic acids is 6. The molecular formula is C19H33N5O6. The van der Waals surface area contributed by atoms with Gasteiger partial charge in [-0.25, -0.2) is 0 Å². The lowest BCUT2D eigenvalue weighted by Crippen LogP contribution is -2.58. The van der Waals surface area contributed by atoms with E-state index in [1.54, 1.807) is 6.92 Å². The van der Waals surface area contributed by atoms with E-state index in [0.29, 0.717) is 12.7 Å². The van der Waals surface area contributed by atoms with Gasteiger partial charge >= 0.3 is 0 Å². The molecule has 170 valence electrons. The summed E-state index contributed by atoms with van der Waals surface area (Å²) < 4.78 is 0. The van der Waals surface area contributed by atoms with Crippen LogP contribution in [0.15, 0.2) is 0 Å². The zero-order valence-corrected chi connectivity index (χ0v) is 18.1. The SMILES string of the molecule is CCC(C)[C@H](NC(=O)[C@H](C)NC(=O)[C@H](CCC=O)NC(C)=O)C(=O)N[C@@H](C)C(N)=O. The largest absolute Gasteiger partial charge is 0.368 e. The van der Waals surface area contributed by atoms with Gasteiger partial charge in [-0.05, 0) is 26.2 Å². The molecule has 0 aromatic heterocycles. The summed E-state index contributed by atoms with van der Waals surface area (Å²) in [5.41, 5.74) is 5.15. The molecule has 0 fully saturated rings. The molecule has 0 heterocycles. The van der Waals surface area contributed by atoms with Crippen molar-refractivity contribution in [1.29, 1.82) is 0 Å². The molecule has 11 nitrogen and oxygen atoms in total. The van der Waals surface area contributed by atoms with Crippen LogP contribution in [0.1, 0.15) is 53.9 Å². The Hall–Kier alpha value is -2.98. The first-order valence-corrected chi connectivity index (χ1v) is 9.85. The lowest BCUT2D eigenvalue weighted by molar-refractivity contribution is -0.134. The summed E-state index contributed by atoms with van der Waals surface area (Å²) >= 11 is 0. The van der Waals surface area contributed by atoms with Crippen LogP contribution >= 0.6 is 0 Å². The van der Waals surface area contributed by atoms with E-state index < -0.39 is 53.7 Å². The van der Waals surface area contributed by atoms with Crippen LogP contribution in [0.25, 0.3) is 0 Å². The Morgan fingerprint density at radius 3 is 1.90 bits per heavy atom. The highest BCUT2D eigenvalue weighted by Gasteiger charge is 2.30. The molecule has 0 aliphatic rings. The zero-order chi connectivity index (χ0) is 23.4. The molecule has 11 heteroatoms. The molecule has 0 saturated heterocycles. The van der Waals surface area contributed by atoms with Crippen molar-refractivity contribution in [2.45, 2.75) is 78.0 Å². The fourth-order valence-electron chi connectivity index (χ4n) is 2.48. The number of nitrogens with one attached hydrogen (secondary N) is 4. The Morgan fingerprint density at radius 1 is 0.867 bits per heavy atom. The van der Waals surface area contributed by atoms with Crippen LogP contribution in [0.5, 0.6) is 0 Å². The second kappa shape index (κ2) is 13.3. The highest BCUT2D eigenvalue weighted by molar-refractivity contribution is 5.95. The molecule has 1 unspecified atom stereocenters. The van der Waals surface area contributed by atoms with Crippen molar-refractivity contribution < 1.29 is 28.8 Å². The minimum absolute atomic E-state index is 0.0627. The quantitative estimate of drug-likeness (QED) is 0.223. The molecular weight excluding hydrogens is 394 g/mol. The van der Waals surface area contributed by atoms with Gasteiger partial charge in [0.2, 0.25) is 29.5 Å². The summed E-state index contributed by atoms with van der Waals surface area (Å²) in [6.45, 7) is 7.69. The van der Waals surface area contributed by atoms with E-state index in [0.717, 1.165) is 0 Å². The predicted octanol–water partition coefficient (Wildman–Crippen LogP) is -1.50.